The van der Waals surface area contributed by atoms with Crippen molar-refractivity contribution in [2.75, 3.05) is 24.8 Å². The van der Waals surface area contributed by atoms with Crippen LogP contribution in [0.15, 0.2) is 18.3 Å². The van der Waals surface area contributed by atoms with Crippen molar-refractivity contribution >= 4 is 40.5 Å². The predicted molar refractivity (Wildman–Crippen MR) is 75.7 cm³/mol. The lowest BCUT2D eigenvalue weighted by Crippen LogP contribution is -2.02. The second-order valence-electron chi connectivity index (χ2n) is 3.46. The Morgan fingerprint density at radius 1 is 1.16 bits per heavy atom. The summed E-state index contributed by atoms with van der Waals surface area (Å²) in [7, 11) is 3.30. The van der Waals surface area contributed by atoms with Gasteiger partial charge in [-0.3, -0.25) is 0 Å². The number of hydrogen-bond acceptors (Lipinski definition) is 6. The first-order valence-corrected chi connectivity index (χ1v) is 6.07. The van der Waals surface area contributed by atoms with Crippen LogP contribution in [0.2, 0.25) is 10.3 Å². The van der Waals surface area contributed by atoms with Gasteiger partial charge in [0.25, 0.3) is 0 Å². The van der Waals surface area contributed by atoms with Gasteiger partial charge in [-0.2, -0.15) is 9.97 Å². The summed E-state index contributed by atoms with van der Waals surface area (Å²) in [6.45, 7) is 0. The molecule has 2 aromatic heterocycles. The van der Waals surface area contributed by atoms with E-state index >= 15 is 0 Å². The lowest BCUT2D eigenvalue weighted by molar-refractivity contribution is 0.398. The molecule has 8 heteroatoms. The Hall–Kier alpha value is -1.79. The third-order valence-electron chi connectivity index (χ3n) is 2.28. The van der Waals surface area contributed by atoms with Crippen LogP contribution in [0.4, 0.5) is 17.3 Å². The molecule has 0 aliphatic heterocycles. The number of anilines is 3. The van der Waals surface area contributed by atoms with Gasteiger partial charge >= 0.3 is 0 Å². The van der Waals surface area contributed by atoms with Crippen LogP contribution >= 0.6 is 23.2 Å². The first kappa shape index (κ1) is 13.6. The fraction of sp³-hybridized carbons (Fsp3) is 0.182. The van der Waals surface area contributed by atoms with Crippen molar-refractivity contribution in [3.05, 3.63) is 28.6 Å². The summed E-state index contributed by atoms with van der Waals surface area (Å²) in [5.74, 6) is 1.51. The van der Waals surface area contributed by atoms with Gasteiger partial charge < -0.3 is 15.4 Å². The number of rotatable bonds is 4. The molecule has 100 valence electrons. The molecule has 2 rings (SSSR count). The molecular weight excluding hydrogens is 289 g/mol. The van der Waals surface area contributed by atoms with Crippen molar-refractivity contribution in [1.29, 1.82) is 0 Å². The highest BCUT2D eigenvalue weighted by Crippen LogP contribution is 2.28. The molecule has 0 spiro atoms. The van der Waals surface area contributed by atoms with E-state index in [1.807, 2.05) is 0 Å². The number of nitrogens with one attached hydrogen (secondary N) is 2. The zero-order valence-corrected chi connectivity index (χ0v) is 11.7. The molecule has 0 aromatic carbocycles. The number of halogens is 2. The molecule has 0 bridgehead atoms. The van der Waals surface area contributed by atoms with E-state index in [-0.39, 0.29) is 5.28 Å². The van der Waals surface area contributed by atoms with Gasteiger partial charge in [0.05, 0.1) is 19.0 Å². The second-order valence-corrected chi connectivity index (χ2v) is 4.21. The third-order valence-corrected chi connectivity index (χ3v) is 2.74. The van der Waals surface area contributed by atoms with Gasteiger partial charge in [-0.15, -0.1) is 0 Å². The normalized spacial score (nSPS) is 10.1. The summed E-state index contributed by atoms with van der Waals surface area (Å²) in [4.78, 5) is 12.0. The topological polar surface area (TPSA) is 72.0 Å². The van der Waals surface area contributed by atoms with Crippen molar-refractivity contribution in [3.63, 3.8) is 0 Å². The molecule has 2 heterocycles. The van der Waals surface area contributed by atoms with Gasteiger partial charge in [-0.05, 0) is 17.7 Å². The minimum Gasteiger partial charge on any atom is -0.481 e. The van der Waals surface area contributed by atoms with E-state index in [4.69, 9.17) is 27.9 Å². The number of nitrogens with zero attached hydrogens (tertiary/aromatic N) is 3. The van der Waals surface area contributed by atoms with Gasteiger partial charge in [0.2, 0.25) is 11.2 Å². The Bertz CT molecular complexity index is 593. The maximum absolute atomic E-state index is 5.99. The standard InChI is InChI=1S/C11H11Cl2N5O/c1-14-10-7(3-4-8(17-10)19-2)16-9-6(12)5-15-11(13)18-9/h3-5H,1-2H3,(H,14,17)(H,15,16,18). The first-order valence-electron chi connectivity index (χ1n) is 5.32. The molecule has 2 aromatic rings. The minimum atomic E-state index is 0.111. The highest BCUT2D eigenvalue weighted by atomic mass is 35.5. The zero-order chi connectivity index (χ0) is 13.8. The molecule has 0 saturated heterocycles. The summed E-state index contributed by atoms with van der Waals surface area (Å²) in [5, 5.41) is 6.46. The van der Waals surface area contributed by atoms with Crippen molar-refractivity contribution < 1.29 is 4.74 Å². The highest BCUT2D eigenvalue weighted by Gasteiger charge is 2.09. The van der Waals surface area contributed by atoms with Gasteiger partial charge in [0.15, 0.2) is 11.6 Å². The molecule has 0 atom stereocenters. The predicted octanol–water partition coefficient (Wildman–Crippen LogP) is 2.97. The third kappa shape index (κ3) is 3.15. The second kappa shape index (κ2) is 5.90. The number of aromatic nitrogens is 3. The average Bonchev–Trinajstić information content (AvgIpc) is 2.43. The summed E-state index contributed by atoms with van der Waals surface area (Å²) in [5.41, 5.74) is 0.694. The Labute approximate surface area is 120 Å². The van der Waals surface area contributed by atoms with Crippen LogP contribution in [0, 0.1) is 0 Å². The van der Waals surface area contributed by atoms with E-state index in [0.717, 1.165) is 0 Å². The van der Waals surface area contributed by atoms with Gasteiger partial charge in [0, 0.05) is 13.1 Å². The first-order chi connectivity index (χ1) is 9.13. The Morgan fingerprint density at radius 3 is 2.63 bits per heavy atom. The van der Waals surface area contributed by atoms with E-state index < -0.39 is 0 Å². The summed E-state index contributed by atoms with van der Waals surface area (Å²) >= 11 is 11.7. The van der Waals surface area contributed by atoms with E-state index in [9.17, 15) is 0 Å². The van der Waals surface area contributed by atoms with Gasteiger partial charge in [-0.1, -0.05) is 11.6 Å². The zero-order valence-electron chi connectivity index (χ0n) is 10.2. The van der Waals surface area contributed by atoms with E-state index in [0.29, 0.717) is 28.2 Å². The maximum Gasteiger partial charge on any atom is 0.224 e. The van der Waals surface area contributed by atoms with Crippen LogP contribution in [0.3, 0.4) is 0 Å². The smallest absolute Gasteiger partial charge is 0.224 e. The Kier molecular flexibility index (Phi) is 4.24. The molecule has 0 aliphatic rings. The highest BCUT2D eigenvalue weighted by molar-refractivity contribution is 6.33. The van der Waals surface area contributed by atoms with Crippen LogP contribution in [-0.4, -0.2) is 29.1 Å². The van der Waals surface area contributed by atoms with Crippen molar-refractivity contribution in [2.45, 2.75) is 0 Å². The number of hydrogen-bond donors (Lipinski definition) is 2. The lowest BCUT2D eigenvalue weighted by atomic mass is 10.3. The van der Waals surface area contributed by atoms with Crippen LogP contribution in [0.25, 0.3) is 0 Å². The number of methoxy groups -OCH3 is 1. The lowest BCUT2D eigenvalue weighted by Gasteiger charge is -2.12. The largest absolute Gasteiger partial charge is 0.481 e. The van der Waals surface area contributed by atoms with E-state index in [1.165, 1.54) is 6.20 Å². The van der Waals surface area contributed by atoms with Crippen molar-refractivity contribution in [2.24, 2.45) is 0 Å². The average molecular weight is 300 g/mol. The van der Waals surface area contributed by atoms with Gasteiger partial charge in [-0.25, -0.2) is 4.98 Å². The summed E-state index contributed by atoms with van der Waals surface area (Å²) in [6, 6.07) is 3.52. The molecular formula is C11H11Cl2N5O. The van der Waals surface area contributed by atoms with E-state index in [1.54, 1.807) is 26.3 Å². The molecule has 0 unspecified atom stereocenters. The van der Waals surface area contributed by atoms with E-state index in [2.05, 4.69) is 25.6 Å². The van der Waals surface area contributed by atoms with Crippen LogP contribution in [0.1, 0.15) is 0 Å². The van der Waals surface area contributed by atoms with Crippen molar-refractivity contribution in [1.82, 2.24) is 15.0 Å². The molecule has 2 N–H and O–H groups in total. The fourth-order valence-electron chi connectivity index (χ4n) is 1.41. The summed E-state index contributed by atoms with van der Waals surface area (Å²) < 4.78 is 5.05. The fourth-order valence-corrected chi connectivity index (χ4v) is 1.68. The quantitative estimate of drug-likeness (QED) is 0.846. The molecule has 0 aliphatic carbocycles. The maximum atomic E-state index is 5.99. The molecule has 0 radical (unpaired) electrons. The van der Waals surface area contributed by atoms with Crippen LogP contribution < -0.4 is 15.4 Å². The van der Waals surface area contributed by atoms with Crippen molar-refractivity contribution in [3.8, 4) is 5.88 Å². The molecule has 0 amide bonds. The number of pyridine rings is 1. The van der Waals surface area contributed by atoms with Crippen LogP contribution in [0.5, 0.6) is 5.88 Å². The minimum absolute atomic E-state index is 0.111. The monoisotopic (exact) mass is 299 g/mol. The number of ether oxygens (including phenoxy) is 1. The molecule has 6 nitrogen and oxygen atoms in total. The van der Waals surface area contributed by atoms with Gasteiger partial charge in [0.1, 0.15) is 5.02 Å². The molecule has 19 heavy (non-hydrogen) atoms. The Morgan fingerprint density at radius 2 is 1.95 bits per heavy atom. The SMILES string of the molecule is CNc1nc(OC)ccc1Nc1nc(Cl)ncc1Cl. The Balaban J connectivity index is 2.35. The van der Waals surface area contributed by atoms with Crippen LogP contribution in [-0.2, 0) is 0 Å². The summed E-state index contributed by atoms with van der Waals surface area (Å²) in [6.07, 6.45) is 1.43. The molecule has 0 saturated carbocycles. The molecule has 0 fully saturated rings.